The molecular formula is C25H17Br2ClFNO4S. The van der Waals surface area contributed by atoms with Crippen LogP contribution in [0.3, 0.4) is 0 Å². The second kappa shape index (κ2) is 11.6. The summed E-state index contributed by atoms with van der Waals surface area (Å²) in [5, 5.41) is 0.287. The Kier molecular flexibility index (Phi) is 8.54. The summed E-state index contributed by atoms with van der Waals surface area (Å²) in [6.07, 6.45) is 1.66. The largest absolute Gasteiger partial charge is 0.492 e. The summed E-state index contributed by atoms with van der Waals surface area (Å²) >= 11 is 13.8. The van der Waals surface area contributed by atoms with Crippen LogP contribution in [0.25, 0.3) is 6.08 Å². The zero-order chi connectivity index (χ0) is 24.9. The van der Waals surface area contributed by atoms with Gasteiger partial charge in [-0.2, -0.15) is 0 Å². The molecule has 0 atom stereocenters. The van der Waals surface area contributed by atoms with E-state index in [4.69, 9.17) is 21.1 Å². The van der Waals surface area contributed by atoms with Gasteiger partial charge in [0, 0.05) is 5.02 Å². The normalized spacial score (nSPS) is 14.6. The van der Waals surface area contributed by atoms with E-state index in [0.717, 1.165) is 27.8 Å². The molecule has 5 nitrogen and oxygen atoms in total. The van der Waals surface area contributed by atoms with E-state index in [2.05, 4.69) is 31.9 Å². The van der Waals surface area contributed by atoms with E-state index in [1.165, 1.54) is 24.3 Å². The van der Waals surface area contributed by atoms with Crippen LogP contribution in [0.2, 0.25) is 5.02 Å². The lowest BCUT2D eigenvalue weighted by Gasteiger charge is -2.13. The van der Waals surface area contributed by atoms with Gasteiger partial charge in [0.05, 0.1) is 20.4 Å². The van der Waals surface area contributed by atoms with Gasteiger partial charge in [-0.25, -0.2) is 4.39 Å². The van der Waals surface area contributed by atoms with E-state index in [0.29, 0.717) is 37.0 Å². The van der Waals surface area contributed by atoms with Crippen molar-refractivity contribution in [2.45, 2.75) is 6.61 Å². The summed E-state index contributed by atoms with van der Waals surface area (Å²) in [5.41, 5.74) is 1.69. The van der Waals surface area contributed by atoms with Gasteiger partial charge in [0.1, 0.15) is 30.5 Å². The predicted octanol–water partition coefficient (Wildman–Crippen LogP) is 7.70. The van der Waals surface area contributed by atoms with Gasteiger partial charge in [-0.1, -0.05) is 23.7 Å². The molecule has 2 amide bonds. The van der Waals surface area contributed by atoms with Crippen molar-refractivity contribution in [1.82, 2.24) is 4.90 Å². The zero-order valence-electron chi connectivity index (χ0n) is 18.0. The third-order valence-electron chi connectivity index (χ3n) is 4.89. The average Bonchev–Trinajstić information content (AvgIpc) is 3.08. The van der Waals surface area contributed by atoms with Crippen LogP contribution in [-0.4, -0.2) is 29.2 Å². The second-order valence-corrected chi connectivity index (χ2v) is 10.5. The highest BCUT2D eigenvalue weighted by Crippen LogP contribution is 2.38. The first-order valence-electron chi connectivity index (χ1n) is 10.3. The van der Waals surface area contributed by atoms with E-state index < -0.39 is 5.91 Å². The Morgan fingerprint density at radius 2 is 1.63 bits per heavy atom. The van der Waals surface area contributed by atoms with E-state index >= 15 is 0 Å². The number of thioether (sulfide) groups is 1. The summed E-state index contributed by atoms with van der Waals surface area (Å²) in [5.74, 6) is 0.316. The van der Waals surface area contributed by atoms with Crippen LogP contribution >= 0.6 is 55.2 Å². The summed E-state index contributed by atoms with van der Waals surface area (Å²) in [6, 6.07) is 16.5. The molecule has 4 rings (SSSR count). The summed E-state index contributed by atoms with van der Waals surface area (Å²) in [4.78, 5) is 26.6. The molecule has 35 heavy (non-hydrogen) atoms. The first-order valence-corrected chi connectivity index (χ1v) is 13.1. The van der Waals surface area contributed by atoms with Crippen LogP contribution in [0.15, 0.2) is 74.5 Å². The molecule has 0 aromatic heterocycles. The Morgan fingerprint density at radius 3 is 2.29 bits per heavy atom. The standard InChI is InChI=1S/C25H17Br2ClFNO4S/c26-20-11-16(12-21(27)23(20)34-14-15-1-3-17(28)4-2-15)13-22-24(31)30(25(32)35-22)9-10-33-19-7-5-18(29)6-8-19/h1-8,11-13H,9-10,14H2/b22-13-. The molecule has 1 aliphatic rings. The molecule has 3 aromatic carbocycles. The van der Waals surface area contributed by atoms with E-state index in [9.17, 15) is 14.0 Å². The molecule has 180 valence electrons. The van der Waals surface area contributed by atoms with Crippen LogP contribution in [-0.2, 0) is 11.4 Å². The molecule has 1 heterocycles. The van der Waals surface area contributed by atoms with Crippen molar-refractivity contribution in [1.29, 1.82) is 0 Å². The number of imide groups is 1. The van der Waals surface area contributed by atoms with Gasteiger partial charge in [-0.15, -0.1) is 0 Å². The van der Waals surface area contributed by atoms with Crippen LogP contribution in [0.1, 0.15) is 11.1 Å². The predicted molar refractivity (Wildman–Crippen MR) is 142 cm³/mol. The van der Waals surface area contributed by atoms with Gasteiger partial charge < -0.3 is 9.47 Å². The minimum absolute atomic E-state index is 0.0875. The molecule has 3 aromatic rings. The van der Waals surface area contributed by atoms with Crippen LogP contribution < -0.4 is 9.47 Å². The van der Waals surface area contributed by atoms with Crippen molar-refractivity contribution >= 4 is 72.4 Å². The molecule has 0 spiro atoms. The van der Waals surface area contributed by atoms with E-state index in [1.807, 2.05) is 24.3 Å². The average molecular weight is 642 g/mol. The first-order chi connectivity index (χ1) is 16.8. The maximum atomic E-state index is 13.0. The molecule has 1 fully saturated rings. The molecule has 1 saturated heterocycles. The van der Waals surface area contributed by atoms with Crippen LogP contribution in [0, 0.1) is 5.82 Å². The monoisotopic (exact) mass is 639 g/mol. The lowest BCUT2D eigenvalue weighted by Crippen LogP contribution is -2.32. The Morgan fingerprint density at radius 1 is 0.971 bits per heavy atom. The van der Waals surface area contributed by atoms with Crippen LogP contribution in [0.5, 0.6) is 11.5 Å². The molecular weight excluding hydrogens is 625 g/mol. The van der Waals surface area contributed by atoms with Gasteiger partial charge in [0.25, 0.3) is 11.1 Å². The summed E-state index contributed by atoms with van der Waals surface area (Å²) in [7, 11) is 0. The zero-order valence-corrected chi connectivity index (χ0v) is 22.7. The number of hydrogen-bond donors (Lipinski definition) is 0. The summed E-state index contributed by atoms with van der Waals surface area (Å²) in [6.45, 7) is 0.546. The molecule has 0 N–H and O–H groups in total. The Bertz CT molecular complexity index is 1260. The van der Waals surface area contributed by atoms with Gasteiger partial charge in [0.2, 0.25) is 0 Å². The van der Waals surface area contributed by atoms with Crippen molar-refractivity contribution < 1.29 is 23.5 Å². The van der Waals surface area contributed by atoms with Crippen molar-refractivity contribution in [2.24, 2.45) is 0 Å². The number of ether oxygens (including phenoxy) is 2. The lowest BCUT2D eigenvalue weighted by molar-refractivity contribution is -0.123. The smallest absolute Gasteiger partial charge is 0.293 e. The molecule has 10 heteroatoms. The van der Waals surface area contributed by atoms with Gasteiger partial charge in [0.15, 0.2) is 0 Å². The van der Waals surface area contributed by atoms with Crippen molar-refractivity contribution in [3.63, 3.8) is 0 Å². The number of benzene rings is 3. The van der Waals surface area contributed by atoms with Gasteiger partial charge >= 0.3 is 0 Å². The number of nitrogens with zero attached hydrogens (tertiary/aromatic N) is 1. The molecule has 1 aliphatic heterocycles. The number of carbonyl (C=O) groups excluding carboxylic acids is 2. The lowest BCUT2D eigenvalue weighted by atomic mass is 10.2. The number of amides is 2. The fraction of sp³-hybridized carbons (Fsp3) is 0.120. The molecule has 0 aliphatic carbocycles. The second-order valence-electron chi connectivity index (χ2n) is 7.36. The summed E-state index contributed by atoms with van der Waals surface area (Å²) < 4.78 is 25.8. The van der Waals surface area contributed by atoms with Gasteiger partial charge in [-0.3, -0.25) is 14.5 Å². The number of hydrogen-bond acceptors (Lipinski definition) is 5. The quantitative estimate of drug-likeness (QED) is 0.236. The number of halogens is 4. The maximum Gasteiger partial charge on any atom is 0.293 e. The highest BCUT2D eigenvalue weighted by atomic mass is 79.9. The SMILES string of the molecule is O=C1S/C(=C\c2cc(Br)c(OCc3ccc(Cl)cc3)c(Br)c2)C(=O)N1CCOc1ccc(F)cc1. The third kappa shape index (κ3) is 6.67. The molecule has 0 radical (unpaired) electrons. The first kappa shape index (κ1) is 25.8. The van der Waals surface area contributed by atoms with E-state index in [-0.39, 0.29) is 24.2 Å². The highest BCUT2D eigenvalue weighted by molar-refractivity contribution is 9.11. The molecule has 0 bridgehead atoms. The Labute approximate surface area is 227 Å². The van der Waals surface area contributed by atoms with Gasteiger partial charge in [-0.05, 0) is 109 Å². The van der Waals surface area contributed by atoms with Crippen molar-refractivity contribution in [2.75, 3.05) is 13.2 Å². The minimum Gasteiger partial charge on any atom is -0.492 e. The van der Waals surface area contributed by atoms with E-state index in [1.54, 1.807) is 18.2 Å². The number of rotatable bonds is 8. The minimum atomic E-state index is -0.391. The molecule has 0 unspecified atom stereocenters. The Hall–Kier alpha value is -2.33. The molecule has 0 saturated carbocycles. The van der Waals surface area contributed by atoms with Crippen LogP contribution in [0.4, 0.5) is 9.18 Å². The topological polar surface area (TPSA) is 55.8 Å². The fourth-order valence-electron chi connectivity index (χ4n) is 3.17. The number of carbonyl (C=O) groups is 2. The van der Waals surface area contributed by atoms with Crippen molar-refractivity contribution in [3.05, 3.63) is 96.5 Å². The highest BCUT2D eigenvalue weighted by Gasteiger charge is 2.34. The fourth-order valence-corrected chi connectivity index (χ4v) is 5.61. The van der Waals surface area contributed by atoms with Crippen molar-refractivity contribution in [3.8, 4) is 11.5 Å². The third-order valence-corrected chi connectivity index (χ3v) is 7.22. The maximum absolute atomic E-state index is 13.0. The Balaban J connectivity index is 1.40.